The van der Waals surface area contributed by atoms with Crippen molar-refractivity contribution in [3.8, 4) is 0 Å². The van der Waals surface area contributed by atoms with Gasteiger partial charge in [-0.2, -0.15) is 12.6 Å². The number of rotatable bonds is 3. The van der Waals surface area contributed by atoms with Crippen molar-refractivity contribution in [1.29, 1.82) is 0 Å². The highest BCUT2D eigenvalue weighted by molar-refractivity contribution is 7.80. The van der Waals surface area contributed by atoms with Crippen LogP contribution >= 0.6 is 12.6 Å². The number of thiol groups is 1. The van der Waals surface area contributed by atoms with Crippen LogP contribution in [-0.2, 0) is 4.79 Å². The van der Waals surface area contributed by atoms with Gasteiger partial charge >= 0.3 is 0 Å². The van der Waals surface area contributed by atoms with Crippen molar-refractivity contribution in [2.45, 2.75) is 31.3 Å². The maximum atomic E-state index is 11.5. The minimum absolute atomic E-state index is 0.185. The van der Waals surface area contributed by atoms with Crippen molar-refractivity contribution in [2.75, 3.05) is 18.8 Å². The second-order valence-electron chi connectivity index (χ2n) is 4.60. The fourth-order valence-corrected chi connectivity index (χ4v) is 2.47. The fraction of sp³-hybridized carbons (Fsp3) is 0.900. The predicted octanol–water partition coefficient (Wildman–Crippen LogP) is 0.680. The minimum Gasteiger partial charge on any atom is -0.388 e. The van der Waals surface area contributed by atoms with Crippen LogP contribution in [0.4, 0.5) is 0 Å². The number of likely N-dealkylation sites (tertiary alicyclic amines) is 1. The summed E-state index contributed by atoms with van der Waals surface area (Å²) in [6.07, 6.45) is 3.40. The molecule has 1 aliphatic heterocycles. The number of aliphatic hydroxyl groups is 1. The van der Waals surface area contributed by atoms with Gasteiger partial charge in [0.15, 0.2) is 0 Å². The van der Waals surface area contributed by atoms with E-state index < -0.39 is 5.60 Å². The highest BCUT2D eigenvalue weighted by atomic mass is 32.1. The van der Waals surface area contributed by atoms with Gasteiger partial charge in [0.25, 0.3) is 0 Å². The minimum atomic E-state index is -0.568. The molecule has 14 heavy (non-hydrogen) atoms. The van der Waals surface area contributed by atoms with Gasteiger partial charge in [-0.1, -0.05) is 0 Å². The molecule has 80 valence electrons. The zero-order chi connectivity index (χ0) is 10.2. The molecule has 1 atom stereocenters. The van der Waals surface area contributed by atoms with Crippen LogP contribution < -0.4 is 0 Å². The summed E-state index contributed by atoms with van der Waals surface area (Å²) >= 11 is 4.20. The molecule has 1 N–H and O–H groups in total. The maximum absolute atomic E-state index is 11.5. The van der Waals surface area contributed by atoms with Gasteiger partial charge in [-0.3, -0.25) is 4.79 Å². The van der Waals surface area contributed by atoms with Crippen molar-refractivity contribution in [1.82, 2.24) is 4.90 Å². The summed E-state index contributed by atoms with van der Waals surface area (Å²) in [6, 6.07) is 0. The summed E-state index contributed by atoms with van der Waals surface area (Å²) < 4.78 is 0. The molecule has 1 unspecified atom stereocenters. The summed E-state index contributed by atoms with van der Waals surface area (Å²) in [4.78, 5) is 13.3. The topological polar surface area (TPSA) is 40.5 Å². The number of hydrogen-bond donors (Lipinski definition) is 2. The van der Waals surface area contributed by atoms with Crippen LogP contribution in [0.15, 0.2) is 0 Å². The molecule has 1 saturated carbocycles. The second kappa shape index (κ2) is 3.74. The lowest BCUT2D eigenvalue weighted by Gasteiger charge is -2.39. The van der Waals surface area contributed by atoms with E-state index >= 15 is 0 Å². The SMILES string of the molecule is O=C1CC(CS)CN1CC1(O)CCC1. The van der Waals surface area contributed by atoms with Crippen molar-refractivity contribution >= 4 is 18.5 Å². The first kappa shape index (κ1) is 10.3. The lowest BCUT2D eigenvalue weighted by atomic mass is 9.80. The van der Waals surface area contributed by atoms with E-state index in [1.54, 1.807) is 4.90 Å². The molecular formula is C10H17NO2S. The van der Waals surface area contributed by atoms with E-state index in [-0.39, 0.29) is 5.91 Å². The van der Waals surface area contributed by atoms with Crippen LogP contribution in [0, 0.1) is 5.92 Å². The Kier molecular flexibility index (Phi) is 2.75. The lowest BCUT2D eigenvalue weighted by Crippen LogP contribution is -2.48. The van der Waals surface area contributed by atoms with Crippen LogP contribution in [0.2, 0.25) is 0 Å². The number of β-amino-alcohol motifs (C(OH)–C–C–N with tert-alkyl or cyclic N) is 1. The maximum Gasteiger partial charge on any atom is 0.223 e. The van der Waals surface area contributed by atoms with Crippen molar-refractivity contribution in [3.63, 3.8) is 0 Å². The number of amides is 1. The summed E-state index contributed by atoms with van der Waals surface area (Å²) in [5.41, 5.74) is -0.568. The van der Waals surface area contributed by atoms with Crippen LogP contribution in [0.1, 0.15) is 25.7 Å². The van der Waals surface area contributed by atoms with E-state index in [2.05, 4.69) is 12.6 Å². The number of nitrogens with zero attached hydrogens (tertiary/aromatic N) is 1. The van der Waals surface area contributed by atoms with Crippen LogP contribution in [0.25, 0.3) is 0 Å². The summed E-state index contributed by atoms with van der Waals surface area (Å²) in [7, 11) is 0. The van der Waals surface area contributed by atoms with Crippen LogP contribution in [0.5, 0.6) is 0 Å². The molecule has 0 bridgehead atoms. The summed E-state index contributed by atoms with van der Waals surface area (Å²) in [6.45, 7) is 1.32. The monoisotopic (exact) mass is 215 g/mol. The molecule has 0 spiro atoms. The van der Waals surface area contributed by atoms with E-state index in [9.17, 15) is 9.90 Å². The molecule has 0 aromatic heterocycles. The molecule has 1 amide bonds. The Morgan fingerprint density at radius 3 is 2.71 bits per heavy atom. The molecule has 0 radical (unpaired) electrons. The third-order valence-corrected chi connectivity index (χ3v) is 3.84. The van der Waals surface area contributed by atoms with Gasteiger partial charge < -0.3 is 10.0 Å². The molecule has 3 nitrogen and oxygen atoms in total. The molecular weight excluding hydrogens is 198 g/mol. The van der Waals surface area contributed by atoms with E-state index in [4.69, 9.17) is 0 Å². The summed E-state index contributed by atoms with van der Waals surface area (Å²) in [5, 5.41) is 9.93. The third-order valence-electron chi connectivity index (χ3n) is 3.32. The molecule has 2 aliphatic rings. The average Bonchev–Trinajstić information content (AvgIpc) is 2.45. The van der Waals surface area contributed by atoms with Crippen molar-refractivity contribution < 1.29 is 9.90 Å². The van der Waals surface area contributed by atoms with E-state index in [0.717, 1.165) is 31.6 Å². The quantitative estimate of drug-likeness (QED) is 0.680. The normalized spacial score (nSPS) is 30.6. The molecule has 2 fully saturated rings. The van der Waals surface area contributed by atoms with Crippen molar-refractivity contribution in [2.24, 2.45) is 5.92 Å². The first-order valence-corrected chi connectivity index (χ1v) is 5.87. The molecule has 1 aliphatic carbocycles. The fourth-order valence-electron chi connectivity index (χ4n) is 2.23. The highest BCUT2D eigenvalue weighted by Crippen LogP contribution is 2.33. The van der Waals surface area contributed by atoms with E-state index in [1.807, 2.05) is 0 Å². The Morgan fingerprint density at radius 1 is 1.57 bits per heavy atom. The Morgan fingerprint density at radius 2 is 2.29 bits per heavy atom. The second-order valence-corrected chi connectivity index (χ2v) is 4.97. The first-order chi connectivity index (χ1) is 6.63. The van der Waals surface area contributed by atoms with Gasteiger partial charge in [0.2, 0.25) is 5.91 Å². The number of hydrogen-bond acceptors (Lipinski definition) is 3. The van der Waals surface area contributed by atoms with Crippen LogP contribution in [0.3, 0.4) is 0 Å². The lowest BCUT2D eigenvalue weighted by molar-refractivity contribution is -0.133. The number of carbonyl (C=O) groups is 1. The van der Waals surface area contributed by atoms with E-state index in [0.29, 0.717) is 18.9 Å². The van der Waals surface area contributed by atoms with Gasteiger partial charge in [-0.05, 0) is 30.9 Å². The van der Waals surface area contributed by atoms with Gasteiger partial charge in [-0.15, -0.1) is 0 Å². The van der Waals surface area contributed by atoms with Gasteiger partial charge in [0.1, 0.15) is 0 Å². The molecule has 1 heterocycles. The standard InChI is InChI=1S/C10H17NO2S/c12-9-4-8(6-14)5-11(9)7-10(13)2-1-3-10/h8,13-14H,1-7H2. The third kappa shape index (κ3) is 1.91. The predicted molar refractivity (Wildman–Crippen MR) is 57.3 cm³/mol. The summed E-state index contributed by atoms with van der Waals surface area (Å²) in [5.74, 6) is 1.33. The molecule has 4 heteroatoms. The zero-order valence-electron chi connectivity index (χ0n) is 8.28. The Hall–Kier alpha value is -0.220. The van der Waals surface area contributed by atoms with Gasteiger partial charge in [0.05, 0.1) is 5.60 Å². The molecule has 0 aromatic rings. The largest absolute Gasteiger partial charge is 0.388 e. The highest BCUT2D eigenvalue weighted by Gasteiger charge is 2.40. The smallest absolute Gasteiger partial charge is 0.223 e. The molecule has 2 rings (SSSR count). The first-order valence-electron chi connectivity index (χ1n) is 5.24. The van der Waals surface area contributed by atoms with Crippen molar-refractivity contribution in [3.05, 3.63) is 0 Å². The van der Waals surface area contributed by atoms with Crippen LogP contribution in [-0.4, -0.2) is 40.4 Å². The zero-order valence-corrected chi connectivity index (χ0v) is 9.17. The number of carbonyl (C=O) groups excluding carboxylic acids is 1. The Balaban J connectivity index is 1.89. The van der Waals surface area contributed by atoms with Gasteiger partial charge in [-0.25, -0.2) is 0 Å². The van der Waals surface area contributed by atoms with E-state index in [1.165, 1.54) is 0 Å². The molecule has 0 aromatic carbocycles. The average molecular weight is 215 g/mol. The van der Waals surface area contributed by atoms with Gasteiger partial charge in [0, 0.05) is 19.5 Å². The Labute approximate surface area is 89.9 Å². The molecule has 1 saturated heterocycles. The Bertz CT molecular complexity index is 240.